The van der Waals surface area contributed by atoms with Crippen LogP contribution in [0.25, 0.3) is 0 Å². The van der Waals surface area contributed by atoms with Gasteiger partial charge >= 0.3 is 11.9 Å². The quantitative estimate of drug-likeness (QED) is 0.683. The number of carbonyl (C=O) groups is 2. The van der Waals surface area contributed by atoms with Crippen LogP contribution in [0.4, 0.5) is 0 Å². The Bertz CT molecular complexity index is 568. The third-order valence-corrected chi connectivity index (χ3v) is 4.51. The zero-order valence-electron chi connectivity index (χ0n) is 14.0. The van der Waals surface area contributed by atoms with Crippen molar-refractivity contribution < 1.29 is 24.5 Å². The normalized spacial score (nSPS) is 15.2. The number of rotatable bonds is 5. The van der Waals surface area contributed by atoms with E-state index in [1.807, 2.05) is 18.2 Å². The number of carboxylic acids is 2. The van der Waals surface area contributed by atoms with Crippen LogP contribution in [0.3, 0.4) is 0 Å². The van der Waals surface area contributed by atoms with Gasteiger partial charge in [0, 0.05) is 37.7 Å². The standard InChI is InChI=1S/C14H20BrClN2O.C2H2O4/c1-2-17-5-7-18(8-6-17)9-10-19-14-4-3-12(16)11-13(14)15;3-1(4)2(5)6/h3-4,11H,2,5-10H2,1H3;(H,3,4)(H,5,6). The molecule has 0 saturated carbocycles. The van der Waals surface area contributed by atoms with Crippen molar-refractivity contribution >= 4 is 39.5 Å². The molecule has 0 aliphatic carbocycles. The molecule has 25 heavy (non-hydrogen) atoms. The Hall–Kier alpha value is -1.35. The molecule has 140 valence electrons. The molecule has 0 spiro atoms. The third-order valence-electron chi connectivity index (χ3n) is 3.65. The second-order valence-corrected chi connectivity index (χ2v) is 6.60. The van der Waals surface area contributed by atoms with Gasteiger partial charge in [0.1, 0.15) is 12.4 Å². The van der Waals surface area contributed by atoms with Crippen LogP contribution in [-0.4, -0.2) is 77.8 Å². The van der Waals surface area contributed by atoms with Crippen molar-refractivity contribution in [3.8, 4) is 5.75 Å². The fourth-order valence-corrected chi connectivity index (χ4v) is 3.00. The molecular weight excluding hydrogens is 416 g/mol. The van der Waals surface area contributed by atoms with E-state index in [1.54, 1.807) is 0 Å². The predicted octanol–water partition coefficient (Wildman–Crippen LogP) is 2.27. The SMILES string of the molecule is CCN1CCN(CCOc2ccc(Cl)cc2Br)CC1.O=C(O)C(=O)O. The van der Waals surface area contributed by atoms with Crippen molar-refractivity contribution in [1.82, 2.24) is 9.80 Å². The average Bonchev–Trinajstić information content (AvgIpc) is 2.58. The molecule has 1 fully saturated rings. The lowest BCUT2D eigenvalue weighted by Crippen LogP contribution is -2.47. The van der Waals surface area contributed by atoms with Gasteiger partial charge < -0.3 is 19.8 Å². The molecule has 2 rings (SSSR count). The molecule has 0 radical (unpaired) electrons. The second-order valence-electron chi connectivity index (χ2n) is 5.31. The summed E-state index contributed by atoms with van der Waals surface area (Å²) in [6, 6.07) is 5.61. The number of likely N-dealkylation sites (N-methyl/N-ethyl adjacent to an activating group) is 1. The van der Waals surface area contributed by atoms with Crippen molar-refractivity contribution in [2.45, 2.75) is 6.92 Å². The lowest BCUT2D eigenvalue weighted by Gasteiger charge is -2.33. The average molecular weight is 438 g/mol. The molecule has 0 aromatic heterocycles. The van der Waals surface area contributed by atoms with Gasteiger partial charge in [-0.3, -0.25) is 4.90 Å². The summed E-state index contributed by atoms with van der Waals surface area (Å²) in [5, 5.41) is 15.5. The van der Waals surface area contributed by atoms with Gasteiger partial charge in [0.25, 0.3) is 0 Å². The van der Waals surface area contributed by atoms with Gasteiger partial charge in [-0.05, 0) is 40.7 Å². The van der Waals surface area contributed by atoms with Crippen LogP contribution >= 0.6 is 27.5 Å². The lowest BCUT2D eigenvalue weighted by atomic mass is 10.3. The summed E-state index contributed by atoms with van der Waals surface area (Å²) in [5.74, 6) is -2.79. The van der Waals surface area contributed by atoms with Gasteiger partial charge in [-0.2, -0.15) is 0 Å². The summed E-state index contributed by atoms with van der Waals surface area (Å²) < 4.78 is 6.70. The van der Waals surface area contributed by atoms with Crippen molar-refractivity contribution in [1.29, 1.82) is 0 Å². The van der Waals surface area contributed by atoms with Gasteiger partial charge in [-0.25, -0.2) is 9.59 Å². The highest BCUT2D eigenvalue weighted by atomic mass is 79.9. The Morgan fingerprint density at radius 1 is 1.16 bits per heavy atom. The summed E-state index contributed by atoms with van der Waals surface area (Å²) in [5.41, 5.74) is 0. The van der Waals surface area contributed by atoms with Gasteiger partial charge in [0.2, 0.25) is 0 Å². The minimum atomic E-state index is -1.82. The zero-order valence-corrected chi connectivity index (χ0v) is 16.3. The summed E-state index contributed by atoms with van der Waals surface area (Å²) in [7, 11) is 0. The monoisotopic (exact) mass is 436 g/mol. The molecule has 0 atom stereocenters. The number of halogens is 2. The predicted molar refractivity (Wildman–Crippen MR) is 98.5 cm³/mol. The van der Waals surface area contributed by atoms with E-state index in [-0.39, 0.29) is 0 Å². The summed E-state index contributed by atoms with van der Waals surface area (Å²) in [6.45, 7) is 9.68. The van der Waals surface area contributed by atoms with E-state index >= 15 is 0 Å². The topological polar surface area (TPSA) is 90.3 Å². The number of hydrogen-bond acceptors (Lipinski definition) is 5. The summed E-state index contributed by atoms with van der Waals surface area (Å²) >= 11 is 9.36. The third kappa shape index (κ3) is 8.53. The number of nitrogens with zero attached hydrogens (tertiary/aromatic N) is 2. The van der Waals surface area contributed by atoms with Crippen LogP contribution in [0, 0.1) is 0 Å². The maximum Gasteiger partial charge on any atom is 0.414 e. The van der Waals surface area contributed by atoms with E-state index in [1.165, 1.54) is 13.1 Å². The van der Waals surface area contributed by atoms with Gasteiger partial charge in [-0.1, -0.05) is 18.5 Å². The number of aliphatic carboxylic acids is 2. The van der Waals surface area contributed by atoms with Gasteiger partial charge in [-0.15, -0.1) is 0 Å². The van der Waals surface area contributed by atoms with Crippen LogP contribution < -0.4 is 4.74 Å². The lowest BCUT2D eigenvalue weighted by molar-refractivity contribution is -0.159. The molecule has 0 amide bonds. The van der Waals surface area contributed by atoms with Crippen LogP contribution in [-0.2, 0) is 9.59 Å². The molecule has 1 aliphatic rings. The molecule has 1 saturated heterocycles. The van der Waals surface area contributed by atoms with Crippen LogP contribution in [0.5, 0.6) is 5.75 Å². The highest BCUT2D eigenvalue weighted by Gasteiger charge is 2.15. The van der Waals surface area contributed by atoms with Crippen LogP contribution in [0.2, 0.25) is 5.02 Å². The minimum absolute atomic E-state index is 0.715. The molecule has 0 unspecified atom stereocenters. The number of hydrogen-bond donors (Lipinski definition) is 2. The van der Waals surface area contributed by atoms with Crippen LogP contribution in [0.15, 0.2) is 22.7 Å². The Balaban J connectivity index is 0.000000450. The van der Waals surface area contributed by atoms with Gasteiger partial charge in [0.15, 0.2) is 0 Å². The first kappa shape index (κ1) is 21.7. The molecule has 7 nitrogen and oxygen atoms in total. The zero-order chi connectivity index (χ0) is 18.8. The first-order chi connectivity index (χ1) is 11.8. The van der Waals surface area contributed by atoms with E-state index in [0.29, 0.717) is 6.61 Å². The smallest absolute Gasteiger partial charge is 0.414 e. The van der Waals surface area contributed by atoms with Crippen molar-refractivity contribution in [3.63, 3.8) is 0 Å². The molecule has 0 bridgehead atoms. The largest absolute Gasteiger partial charge is 0.491 e. The molecule has 9 heteroatoms. The van der Waals surface area contributed by atoms with Crippen LogP contribution in [0.1, 0.15) is 6.92 Å². The molecule has 1 aromatic carbocycles. The maximum absolute atomic E-state index is 9.10. The fraction of sp³-hybridized carbons (Fsp3) is 0.500. The van der Waals surface area contributed by atoms with E-state index in [0.717, 1.165) is 41.4 Å². The molecule has 2 N–H and O–H groups in total. The Morgan fingerprint density at radius 2 is 1.72 bits per heavy atom. The fourth-order valence-electron chi connectivity index (χ4n) is 2.21. The molecule has 1 aliphatic heterocycles. The highest BCUT2D eigenvalue weighted by molar-refractivity contribution is 9.10. The second kappa shape index (κ2) is 11.3. The highest BCUT2D eigenvalue weighted by Crippen LogP contribution is 2.27. The summed E-state index contributed by atoms with van der Waals surface area (Å²) in [6.07, 6.45) is 0. The number of carboxylic acid groups (broad SMARTS) is 2. The molecular formula is C16H22BrClN2O5. The van der Waals surface area contributed by atoms with E-state index in [9.17, 15) is 0 Å². The van der Waals surface area contributed by atoms with Crippen molar-refractivity contribution in [3.05, 3.63) is 27.7 Å². The summed E-state index contributed by atoms with van der Waals surface area (Å²) in [4.78, 5) is 23.1. The number of benzene rings is 1. The first-order valence-electron chi connectivity index (χ1n) is 7.82. The van der Waals surface area contributed by atoms with Crippen molar-refractivity contribution in [2.24, 2.45) is 0 Å². The van der Waals surface area contributed by atoms with E-state index < -0.39 is 11.9 Å². The molecule has 1 heterocycles. The van der Waals surface area contributed by atoms with Gasteiger partial charge in [0.05, 0.1) is 4.47 Å². The van der Waals surface area contributed by atoms with E-state index in [4.69, 9.17) is 36.1 Å². The Labute approximate surface area is 160 Å². The number of piperazine rings is 1. The molecule has 1 aromatic rings. The maximum atomic E-state index is 9.10. The number of ether oxygens (including phenoxy) is 1. The first-order valence-corrected chi connectivity index (χ1v) is 8.99. The van der Waals surface area contributed by atoms with Crippen molar-refractivity contribution in [2.75, 3.05) is 45.9 Å². The Kier molecular flexibility index (Phi) is 9.81. The Morgan fingerprint density at radius 3 is 2.20 bits per heavy atom. The van der Waals surface area contributed by atoms with E-state index in [2.05, 4.69) is 32.7 Å². The minimum Gasteiger partial charge on any atom is -0.491 e.